The number of benzene rings is 1. The Labute approximate surface area is 107 Å². The zero-order valence-corrected chi connectivity index (χ0v) is 11.0. The van der Waals surface area contributed by atoms with Gasteiger partial charge in [0.05, 0.1) is 0 Å². The molecule has 0 radical (unpaired) electrons. The van der Waals surface area contributed by atoms with Crippen LogP contribution in [-0.2, 0) is 12.8 Å². The molecule has 0 aliphatic carbocycles. The summed E-state index contributed by atoms with van der Waals surface area (Å²) >= 11 is 1.80. The molecule has 1 aromatic heterocycles. The van der Waals surface area contributed by atoms with E-state index in [0.29, 0.717) is 0 Å². The largest absolute Gasteiger partial charge is 0.327 e. The summed E-state index contributed by atoms with van der Waals surface area (Å²) in [6.07, 6.45) is 3.14. The Morgan fingerprint density at radius 2 is 2.12 bits per heavy atom. The quantitative estimate of drug-likeness (QED) is 0.856. The number of thiophene rings is 1. The van der Waals surface area contributed by atoms with Crippen LogP contribution in [0.15, 0.2) is 41.8 Å². The molecule has 0 bridgehead atoms. The van der Waals surface area contributed by atoms with E-state index in [1.807, 2.05) is 0 Å². The highest BCUT2D eigenvalue weighted by atomic mass is 32.1. The number of nitrogens with two attached hydrogens (primary N) is 1. The molecule has 0 aliphatic rings. The van der Waals surface area contributed by atoms with Gasteiger partial charge in [-0.15, -0.1) is 11.3 Å². The topological polar surface area (TPSA) is 26.0 Å². The summed E-state index contributed by atoms with van der Waals surface area (Å²) in [6, 6.07) is 13.2. The molecule has 17 heavy (non-hydrogen) atoms. The van der Waals surface area contributed by atoms with E-state index in [1.165, 1.54) is 16.0 Å². The minimum atomic E-state index is 0.272. The second-order valence-electron chi connectivity index (χ2n) is 4.57. The highest BCUT2D eigenvalue weighted by molar-refractivity contribution is 7.09. The molecular formula is C15H19NS. The molecular weight excluding hydrogens is 226 g/mol. The van der Waals surface area contributed by atoms with Gasteiger partial charge in [0.1, 0.15) is 0 Å². The van der Waals surface area contributed by atoms with Gasteiger partial charge in [-0.3, -0.25) is 0 Å². The van der Waals surface area contributed by atoms with Crippen molar-refractivity contribution in [2.45, 2.75) is 32.2 Å². The van der Waals surface area contributed by atoms with Crippen molar-refractivity contribution < 1.29 is 0 Å². The third kappa shape index (κ3) is 3.99. The predicted octanol–water partition coefficient (Wildman–Crippen LogP) is 3.56. The zero-order chi connectivity index (χ0) is 12.1. The van der Waals surface area contributed by atoms with Gasteiger partial charge in [-0.1, -0.05) is 35.9 Å². The van der Waals surface area contributed by atoms with Gasteiger partial charge < -0.3 is 5.73 Å². The highest BCUT2D eigenvalue weighted by Crippen LogP contribution is 2.13. The van der Waals surface area contributed by atoms with Crippen molar-refractivity contribution in [3.63, 3.8) is 0 Å². The minimum Gasteiger partial charge on any atom is -0.327 e. The first-order valence-electron chi connectivity index (χ1n) is 6.07. The number of aryl methyl sites for hydroxylation is 2. The highest BCUT2D eigenvalue weighted by Gasteiger charge is 2.05. The van der Waals surface area contributed by atoms with E-state index in [-0.39, 0.29) is 6.04 Å². The van der Waals surface area contributed by atoms with Crippen LogP contribution in [-0.4, -0.2) is 6.04 Å². The van der Waals surface area contributed by atoms with E-state index in [9.17, 15) is 0 Å². The molecule has 0 spiro atoms. The Balaban J connectivity index is 1.82. The first kappa shape index (κ1) is 12.3. The lowest BCUT2D eigenvalue weighted by Gasteiger charge is -2.10. The lowest BCUT2D eigenvalue weighted by molar-refractivity contribution is 0.614. The molecule has 0 aliphatic heterocycles. The lowest BCUT2D eigenvalue weighted by atomic mass is 10.0. The summed E-state index contributed by atoms with van der Waals surface area (Å²) in [4.78, 5) is 1.39. The normalized spacial score (nSPS) is 12.6. The third-order valence-electron chi connectivity index (χ3n) is 2.93. The number of hydrogen-bond donors (Lipinski definition) is 1. The average molecular weight is 245 g/mol. The molecule has 0 saturated carbocycles. The van der Waals surface area contributed by atoms with Crippen LogP contribution in [0, 0.1) is 6.92 Å². The van der Waals surface area contributed by atoms with E-state index in [2.05, 4.69) is 48.7 Å². The summed E-state index contributed by atoms with van der Waals surface area (Å²) in [7, 11) is 0. The fraction of sp³-hybridized carbons (Fsp3) is 0.333. The van der Waals surface area contributed by atoms with E-state index < -0.39 is 0 Å². The Morgan fingerprint density at radius 3 is 2.82 bits per heavy atom. The Kier molecular flexibility index (Phi) is 4.35. The zero-order valence-electron chi connectivity index (χ0n) is 10.2. The van der Waals surface area contributed by atoms with Crippen LogP contribution in [0.1, 0.15) is 22.4 Å². The van der Waals surface area contributed by atoms with E-state index in [0.717, 1.165) is 19.3 Å². The van der Waals surface area contributed by atoms with Crippen LogP contribution in [0.4, 0.5) is 0 Å². The minimum absolute atomic E-state index is 0.272. The molecule has 2 heteroatoms. The van der Waals surface area contributed by atoms with Gasteiger partial charge in [0, 0.05) is 10.9 Å². The summed E-state index contributed by atoms with van der Waals surface area (Å²) in [5.41, 5.74) is 8.88. The van der Waals surface area contributed by atoms with Crippen molar-refractivity contribution in [3.05, 3.63) is 57.8 Å². The molecule has 1 atom stereocenters. The van der Waals surface area contributed by atoms with Crippen molar-refractivity contribution in [2.75, 3.05) is 0 Å². The maximum absolute atomic E-state index is 6.16. The van der Waals surface area contributed by atoms with Crippen LogP contribution in [0.2, 0.25) is 0 Å². The summed E-state index contributed by atoms with van der Waals surface area (Å²) in [5.74, 6) is 0. The Morgan fingerprint density at radius 1 is 1.24 bits per heavy atom. The molecule has 2 N–H and O–H groups in total. The Hall–Kier alpha value is -1.12. The maximum atomic E-state index is 6.16. The van der Waals surface area contributed by atoms with Crippen LogP contribution < -0.4 is 5.73 Å². The molecule has 0 fully saturated rings. The van der Waals surface area contributed by atoms with Crippen molar-refractivity contribution in [1.29, 1.82) is 0 Å². The smallest absolute Gasteiger partial charge is 0.00903 e. The molecule has 2 aromatic rings. The fourth-order valence-corrected chi connectivity index (χ4v) is 2.81. The Bertz CT molecular complexity index is 448. The second-order valence-corrected chi connectivity index (χ2v) is 5.60. The van der Waals surface area contributed by atoms with Crippen LogP contribution in [0.3, 0.4) is 0 Å². The van der Waals surface area contributed by atoms with Gasteiger partial charge in [-0.2, -0.15) is 0 Å². The van der Waals surface area contributed by atoms with E-state index >= 15 is 0 Å². The molecule has 1 aromatic carbocycles. The predicted molar refractivity (Wildman–Crippen MR) is 75.5 cm³/mol. The van der Waals surface area contributed by atoms with Crippen LogP contribution in [0.25, 0.3) is 0 Å². The molecule has 2 rings (SSSR count). The number of hydrogen-bond acceptors (Lipinski definition) is 2. The standard InChI is InChI=1S/C15H19NS/c1-12-4-2-5-13(10-12)7-8-14(16)11-15-6-3-9-17-15/h2-6,9-10,14H,7-8,11,16H2,1H3. The van der Waals surface area contributed by atoms with Crippen molar-refractivity contribution in [3.8, 4) is 0 Å². The summed E-state index contributed by atoms with van der Waals surface area (Å²) < 4.78 is 0. The molecule has 90 valence electrons. The second kappa shape index (κ2) is 5.99. The van der Waals surface area contributed by atoms with Crippen molar-refractivity contribution >= 4 is 11.3 Å². The van der Waals surface area contributed by atoms with E-state index in [1.54, 1.807) is 11.3 Å². The first-order chi connectivity index (χ1) is 8.24. The van der Waals surface area contributed by atoms with Gasteiger partial charge in [-0.05, 0) is 43.2 Å². The maximum Gasteiger partial charge on any atom is 0.00903 e. The monoisotopic (exact) mass is 245 g/mol. The fourth-order valence-electron chi connectivity index (χ4n) is 2.01. The SMILES string of the molecule is Cc1cccc(CCC(N)Cc2cccs2)c1. The van der Waals surface area contributed by atoms with Gasteiger partial charge in [0.2, 0.25) is 0 Å². The van der Waals surface area contributed by atoms with Gasteiger partial charge in [0.25, 0.3) is 0 Å². The molecule has 1 unspecified atom stereocenters. The summed E-state index contributed by atoms with van der Waals surface area (Å²) in [5, 5.41) is 2.11. The first-order valence-corrected chi connectivity index (χ1v) is 6.95. The van der Waals surface area contributed by atoms with Gasteiger partial charge in [0.15, 0.2) is 0 Å². The van der Waals surface area contributed by atoms with Crippen LogP contribution in [0.5, 0.6) is 0 Å². The number of rotatable bonds is 5. The van der Waals surface area contributed by atoms with Crippen molar-refractivity contribution in [2.24, 2.45) is 5.73 Å². The molecule has 0 saturated heterocycles. The molecule has 1 nitrogen and oxygen atoms in total. The average Bonchev–Trinajstić information content (AvgIpc) is 2.79. The van der Waals surface area contributed by atoms with Crippen LogP contribution >= 0.6 is 11.3 Å². The van der Waals surface area contributed by atoms with E-state index in [4.69, 9.17) is 5.73 Å². The lowest BCUT2D eigenvalue weighted by Crippen LogP contribution is -2.23. The van der Waals surface area contributed by atoms with Gasteiger partial charge in [-0.25, -0.2) is 0 Å². The van der Waals surface area contributed by atoms with Crippen molar-refractivity contribution in [1.82, 2.24) is 0 Å². The van der Waals surface area contributed by atoms with Gasteiger partial charge >= 0.3 is 0 Å². The molecule has 1 heterocycles. The molecule has 0 amide bonds. The summed E-state index contributed by atoms with van der Waals surface area (Å²) in [6.45, 7) is 2.13. The third-order valence-corrected chi connectivity index (χ3v) is 3.83.